The van der Waals surface area contributed by atoms with E-state index in [4.69, 9.17) is 19.9 Å². The van der Waals surface area contributed by atoms with Crippen molar-refractivity contribution in [2.24, 2.45) is 0 Å². The lowest BCUT2D eigenvalue weighted by atomic mass is 9.61. The molecule has 0 saturated heterocycles. The smallest absolute Gasteiger partial charge is 0.160 e. The van der Waals surface area contributed by atoms with Gasteiger partial charge in [-0.3, -0.25) is 0 Å². The normalized spacial score (nSPS) is 14.1. The number of nitrogens with zero attached hydrogens (tertiary/aromatic N) is 6. The standard InChI is InChI=1S/C76H48N6/c1-3-19-47(20-4-1)65-45-67(49-23-17-25-53(41-49)81-69-33-13-9-27-55(69)56-28-10-14-34-70(56)81)79-75(77-65)51-37-39-61-63(43-51)73-59-31-7-8-32-60(59)74(61)64-44-52(38-40-62(64)73)76-78-66(48-21-5-2-6-22-48)46-68(80-76)50-24-18-26-54(42-50)82-71-35-15-11-29-57(71)58-30-12-16-36-72(58)82/h1-46,73-74H. The summed E-state index contributed by atoms with van der Waals surface area (Å²) < 4.78 is 4.73. The first-order valence-electron chi connectivity index (χ1n) is 28.1. The molecular weight excluding hydrogens is 997 g/mol. The first kappa shape index (κ1) is 46.1. The molecule has 82 heavy (non-hydrogen) atoms. The topological polar surface area (TPSA) is 61.4 Å². The predicted molar refractivity (Wildman–Crippen MR) is 334 cm³/mol. The molecule has 3 aliphatic rings. The van der Waals surface area contributed by atoms with E-state index in [1.54, 1.807) is 0 Å². The Hall–Kier alpha value is -10.8. The first-order valence-corrected chi connectivity index (χ1v) is 28.1. The molecule has 2 bridgehead atoms. The van der Waals surface area contributed by atoms with Crippen molar-refractivity contribution in [2.75, 3.05) is 0 Å². The maximum absolute atomic E-state index is 5.46. The van der Waals surface area contributed by atoms with Crippen LogP contribution in [0.2, 0.25) is 0 Å². The molecule has 3 aliphatic carbocycles. The quantitative estimate of drug-likeness (QED) is 0.152. The van der Waals surface area contributed by atoms with Gasteiger partial charge in [0.1, 0.15) is 0 Å². The maximum atomic E-state index is 5.46. The third kappa shape index (κ3) is 7.28. The zero-order chi connectivity index (χ0) is 53.8. The van der Waals surface area contributed by atoms with E-state index in [1.165, 1.54) is 77.0 Å². The highest BCUT2D eigenvalue weighted by Gasteiger charge is 2.41. The molecule has 0 amide bonds. The number of hydrogen-bond donors (Lipinski definition) is 0. The fourth-order valence-corrected chi connectivity index (χ4v) is 13.5. The van der Waals surface area contributed by atoms with Gasteiger partial charge in [0, 0.05) is 78.1 Å². The van der Waals surface area contributed by atoms with Crippen LogP contribution in [0.15, 0.2) is 279 Å². The van der Waals surface area contributed by atoms with Gasteiger partial charge in [-0.2, -0.15) is 0 Å². The lowest BCUT2D eigenvalue weighted by molar-refractivity contribution is 0.754. The highest BCUT2D eigenvalue weighted by Crippen LogP contribution is 2.57. The Balaban J connectivity index is 0.776. The van der Waals surface area contributed by atoms with Crippen LogP contribution in [0.5, 0.6) is 0 Å². The Labute approximate surface area is 473 Å². The summed E-state index contributed by atoms with van der Waals surface area (Å²) in [5, 5.41) is 4.93. The summed E-state index contributed by atoms with van der Waals surface area (Å²) in [6.07, 6.45) is 0. The van der Waals surface area contributed by atoms with E-state index in [0.29, 0.717) is 11.6 Å². The van der Waals surface area contributed by atoms with Gasteiger partial charge in [0.2, 0.25) is 0 Å². The molecule has 6 heteroatoms. The van der Waals surface area contributed by atoms with Crippen molar-refractivity contribution < 1.29 is 0 Å². The molecule has 2 unspecified atom stereocenters. The van der Waals surface area contributed by atoms with Crippen LogP contribution in [-0.2, 0) is 0 Å². The molecule has 11 aromatic carbocycles. The zero-order valence-electron chi connectivity index (χ0n) is 44.4. The van der Waals surface area contributed by atoms with Crippen LogP contribution in [0.25, 0.3) is 123 Å². The number of para-hydroxylation sites is 4. The minimum absolute atomic E-state index is 0.00981. The molecule has 382 valence electrons. The molecule has 0 spiro atoms. The number of benzene rings is 11. The summed E-state index contributed by atoms with van der Waals surface area (Å²) in [7, 11) is 0. The molecule has 18 rings (SSSR count). The average Bonchev–Trinajstić information content (AvgIpc) is 1.80. The van der Waals surface area contributed by atoms with Gasteiger partial charge in [0.15, 0.2) is 11.6 Å². The summed E-state index contributed by atoms with van der Waals surface area (Å²) in [6.45, 7) is 0. The highest BCUT2D eigenvalue weighted by molar-refractivity contribution is 6.10. The molecule has 0 fully saturated rings. The molecular formula is C76H48N6. The van der Waals surface area contributed by atoms with Crippen LogP contribution in [0.4, 0.5) is 0 Å². The van der Waals surface area contributed by atoms with E-state index < -0.39 is 0 Å². The number of rotatable bonds is 8. The van der Waals surface area contributed by atoms with E-state index in [1.807, 2.05) is 0 Å². The van der Waals surface area contributed by atoms with Crippen LogP contribution < -0.4 is 0 Å². The van der Waals surface area contributed by atoms with Gasteiger partial charge in [-0.1, -0.05) is 206 Å². The Morgan fingerprint density at radius 3 is 0.927 bits per heavy atom. The van der Waals surface area contributed by atoms with Crippen LogP contribution in [0, 0.1) is 0 Å². The Morgan fingerprint density at radius 2 is 0.537 bits per heavy atom. The fourth-order valence-electron chi connectivity index (χ4n) is 13.5. The number of hydrogen-bond acceptors (Lipinski definition) is 4. The first-order chi connectivity index (χ1) is 40.6. The second-order valence-corrected chi connectivity index (χ2v) is 21.7. The van der Waals surface area contributed by atoms with Crippen molar-refractivity contribution in [2.45, 2.75) is 11.8 Å². The molecule has 2 atom stereocenters. The van der Waals surface area contributed by atoms with Gasteiger partial charge >= 0.3 is 0 Å². The summed E-state index contributed by atoms with van der Waals surface area (Å²) in [5.74, 6) is 1.41. The summed E-state index contributed by atoms with van der Waals surface area (Å²) in [4.78, 5) is 21.6. The van der Waals surface area contributed by atoms with Gasteiger partial charge in [-0.05, 0) is 106 Å². The fraction of sp³-hybridized carbons (Fsp3) is 0.0263. The Morgan fingerprint density at radius 1 is 0.220 bits per heavy atom. The van der Waals surface area contributed by atoms with E-state index in [0.717, 1.165) is 67.5 Å². The monoisotopic (exact) mass is 1040 g/mol. The molecule has 0 N–H and O–H groups in total. The van der Waals surface area contributed by atoms with Crippen molar-refractivity contribution in [3.05, 3.63) is 312 Å². The van der Waals surface area contributed by atoms with Crippen molar-refractivity contribution in [1.29, 1.82) is 0 Å². The van der Waals surface area contributed by atoms with Gasteiger partial charge in [-0.15, -0.1) is 0 Å². The summed E-state index contributed by atoms with van der Waals surface area (Å²) in [6, 6.07) is 100. The average molecular weight is 1050 g/mol. The molecule has 4 heterocycles. The Bertz CT molecular complexity index is 4650. The third-order valence-corrected chi connectivity index (χ3v) is 17.1. The largest absolute Gasteiger partial charge is 0.309 e. The second kappa shape index (κ2) is 18.4. The van der Waals surface area contributed by atoms with Crippen molar-refractivity contribution >= 4 is 43.6 Å². The summed E-state index contributed by atoms with van der Waals surface area (Å²) >= 11 is 0. The number of aromatic nitrogens is 6. The van der Waals surface area contributed by atoms with Crippen LogP contribution >= 0.6 is 0 Å². The highest BCUT2D eigenvalue weighted by atomic mass is 15.0. The van der Waals surface area contributed by atoms with Crippen molar-refractivity contribution in [3.8, 4) is 79.2 Å². The molecule has 0 aliphatic heterocycles. The van der Waals surface area contributed by atoms with Crippen LogP contribution in [-0.4, -0.2) is 29.1 Å². The Kier molecular flexibility index (Phi) is 10.3. The molecule has 6 nitrogen and oxygen atoms in total. The lowest BCUT2D eigenvalue weighted by Crippen LogP contribution is -2.27. The van der Waals surface area contributed by atoms with E-state index in [2.05, 4.69) is 288 Å². The predicted octanol–water partition coefficient (Wildman–Crippen LogP) is 18.4. The van der Waals surface area contributed by atoms with E-state index in [9.17, 15) is 0 Å². The second-order valence-electron chi connectivity index (χ2n) is 21.7. The van der Waals surface area contributed by atoms with Crippen LogP contribution in [0.1, 0.15) is 45.2 Å². The lowest BCUT2D eigenvalue weighted by Gasteiger charge is -2.42. The van der Waals surface area contributed by atoms with Gasteiger partial charge in [0.05, 0.1) is 44.8 Å². The van der Waals surface area contributed by atoms with Crippen molar-refractivity contribution in [3.63, 3.8) is 0 Å². The van der Waals surface area contributed by atoms with E-state index in [-0.39, 0.29) is 11.8 Å². The van der Waals surface area contributed by atoms with Crippen molar-refractivity contribution in [1.82, 2.24) is 29.1 Å². The zero-order valence-corrected chi connectivity index (χ0v) is 44.4. The minimum atomic E-state index is 0.00981. The SMILES string of the molecule is c1ccc(-c2cc(-c3cccc(-n4c5ccccc5c5ccccc54)c3)nc(-c3ccc4c(c3)C3c5ccccc5C4c4cc(-c5nc(-c6ccccc6)cc(-c6cccc(-n7c8ccccc8c8ccccc87)c6)n5)ccc43)n2)cc1. The van der Waals surface area contributed by atoms with Gasteiger partial charge in [-0.25, -0.2) is 19.9 Å². The minimum Gasteiger partial charge on any atom is -0.309 e. The van der Waals surface area contributed by atoms with Gasteiger partial charge < -0.3 is 9.13 Å². The third-order valence-electron chi connectivity index (χ3n) is 17.1. The molecule has 4 aromatic heterocycles. The number of fused-ring (bicyclic) bond motifs is 6. The van der Waals surface area contributed by atoms with Gasteiger partial charge in [0.25, 0.3) is 0 Å². The molecule has 15 aromatic rings. The maximum Gasteiger partial charge on any atom is 0.160 e. The molecule has 0 saturated carbocycles. The molecule has 0 radical (unpaired) electrons. The van der Waals surface area contributed by atoms with Crippen LogP contribution in [0.3, 0.4) is 0 Å². The van der Waals surface area contributed by atoms with E-state index >= 15 is 0 Å². The summed E-state index contributed by atoms with van der Waals surface area (Å²) in [5.41, 5.74) is 24.3.